The van der Waals surface area contributed by atoms with Crippen LogP contribution >= 0.6 is 23.2 Å². The van der Waals surface area contributed by atoms with Gasteiger partial charge >= 0.3 is 0 Å². The maximum Gasteiger partial charge on any atom is 0.275 e. The molecule has 8 heteroatoms. The van der Waals surface area contributed by atoms with Crippen LogP contribution in [0, 0.1) is 13.8 Å². The molecule has 1 aromatic carbocycles. The fourth-order valence-corrected chi connectivity index (χ4v) is 3.63. The zero-order valence-electron chi connectivity index (χ0n) is 15.8. The van der Waals surface area contributed by atoms with Crippen molar-refractivity contribution in [2.45, 2.75) is 20.3 Å². The zero-order valence-corrected chi connectivity index (χ0v) is 17.3. The van der Waals surface area contributed by atoms with Crippen molar-refractivity contribution in [2.24, 2.45) is 4.99 Å². The Morgan fingerprint density at radius 1 is 1.17 bits per heavy atom. The van der Waals surface area contributed by atoms with E-state index in [0.717, 1.165) is 22.5 Å². The third-order valence-corrected chi connectivity index (χ3v) is 4.99. The lowest BCUT2D eigenvalue weighted by atomic mass is 10.1. The molecule has 4 rings (SSSR count). The number of rotatable bonds is 3. The Hall–Kier alpha value is -2.96. The minimum absolute atomic E-state index is 0.309. The number of amidine groups is 1. The lowest BCUT2D eigenvalue weighted by Gasteiger charge is -2.07. The number of hydrogen-bond donors (Lipinski definition) is 2. The highest BCUT2D eigenvalue weighted by atomic mass is 35.5. The van der Waals surface area contributed by atoms with E-state index in [1.54, 1.807) is 30.5 Å². The minimum atomic E-state index is -0.315. The molecule has 0 radical (unpaired) electrons. The SMILES string of the molecule is Cc1cc(C)nc(NC(=O)c2cc3c(cn2)NC(=Nc2c(Cl)cccc2Cl)C3)c1. The first-order chi connectivity index (χ1) is 13.9. The Labute approximate surface area is 178 Å². The summed E-state index contributed by atoms with van der Waals surface area (Å²) < 4.78 is 0. The van der Waals surface area contributed by atoms with Crippen LogP contribution in [0.25, 0.3) is 0 Å². The number of carbonyl (C=O) groups excluding carboxylic acids is 1. The van der Waals surface area contributed by atoms with Gasteiger partial charge in [-0.3, -0.25) is 4.79 Å². The topological polar surface area (TPSA) is 79.3 Å². The predicted molar refractivity (Wildman–Crippen MR) is 117 cm³/mol. The first kappa shape index (κ1) is 19.4. The highest BCUT2D eigenvalue weighted by Gasteiger charge is 2.20. The van der Waals surface area contributed by atoms with Gasteiger partial charge < -0.3 is 10.6 Å². The van der Waals surface area contributed by atoms with Crippen LogP contribution in [0.3, 0.4) is 0 Å². The molecular weight excluding hydrogens is 409 g/mol. The normalized spacial score (nSPS) is 13.9. The number of fused-ring (bicyclic) bond motifs is 1. The van der Waals surface area contributed by atoms with Gasteiger partial charge in [0.1, 0.15) is 23.0 Å². The van der Waals surface area contributed by atoms with E-state index in [9.17, 15) is 4.79 Å². The van der Waals surface area contributed by atoms with Crippen LogP contribution in [0.5, 0.6) is 0 Å². The number of carbonyl (C=O) groups is 1. The summed E-state index contributed by atoms with van der Waals surface area (Å²) >= 11 is 12.4. The molecule has 0 spiro atoms. The molecule has 0 unspecified atom stereocenters. The van der Waals surface area contributed by atoms with Crippen LogP contribution in [0.4, 0.5) is 17.2 Å². The predicted octanol–water partition coefficient (Wildman–Crippen LogP) is 5.35. The number of aromatic nitrogens is 2. The Bertz CT molecular complexity index is 1120. The molecule has 0 aliphatic carbocycles. The second kappa shape index (κ2) is 7.81. The molecule has 0 bridgehead atoms. The quantitative estimate of drug-likeness (QED) is 0.592. The summed E-state index contributed by atoms with van der Waals surface area (Å²) in [5.74, 6) is 0.874. The maximum absolute atomic E-state index is 12.6. The van der Waals surface area contributed by atoms with Gasteiger partial charge in [0.15, 0.2) is 0 Å². The van der Waals surface area contributed by atoms with E-state index in [1.807, 2.05) is 26.0 Å². The second-order valence-electron chi connectivity index (χ2n) is 6.78. The van der Waals surface area contributed by atoms with E-state index in [0.29, 0.717) is 39.5 Å². The molecule has 0 saturated carbocycles. The fraction of sp³-hybridized carbons (Fsp3) is 0.143. The minimum Gasteiger partial charge on any atom is -0.342 e. The first-order valence-corrected chi connectivity index (χ1v) is 9.69. The summed E-state index contributed by atoms with van der Waals surface area (Å²) in [6, 6.07) is 10.8. The van der Waals surface area contributed by atoms with Gasteiger partial charge in [0.05, 0.1) is 21.9 Å². The average molecular weight is 426 g/mol. The highest BCUT2D eigenvalue weighted by Crippen LogP contribution is 2.34. The number of nitrogens with one attached hydrogen (secondary N) is 2. The lowest BCUT2D eigenvalue weighted by molar-refractivity contribution is 0.102. The van der Waals surface area contributed by atoms with Gasteiger partial charge in [0.25, 0.3) is 5.91 Å². The van der Waals surface area contributed by atoms with Crippen LogP contribution in [0.15, 0.2) is 47.6 Å². The van der Waals surface area contributed by atoms with Crippen molar-refractivity contribution in [1.29, 1.82) is 0 Å². The number of pyridine rings is 2. The molecule has 1 aliphatic heterocycles. The molecule has 146 valence electrons. The molecule has 3 aromatic rings. The molecule has 3 heterocycles. The van der Waals surface area contributed by atoms with E-state index in [2.05, 4.69) is 25.6 Å². The third kappa shape index (κ3) is 4.23. The van der Waals surface area contributed by atoms with Crippen molar-refractivity contribution in [3.63, 3.8) is 0 Å². The molecule has 1 aliphatic rings. The number of hydrogen-bond acceptors (Lipinski definition) is 4. The van der Waals surface area contributed by atoms with Crippen LogP contribution in [-0.4, -0.2) is 21.7 Å². The molecule has 0 fully saturated rings. The highest BCUT2D eigenvalue weighted by molar-refractivity contribution is 6.39. The molecule has 2 aromatic heterocycles. The van der Waals surface area contributed by atoms with Gasteiger partial charge in [-0.2, -0.15) is 0 Å². The fourth-order valence-electron chi connectivity index (χ4n) is 3.14. The summed E-state index contributed by atoms with van der Waals surface area (Å²) in [4.78, 5) is 25.7. The van der Waals surface area contributed by atoms with Crippen molar-refractivity contribution >= 4 is 52.1 Å². The number of amides is 1. The molecule has 6 nitrogen and oxygen atoms in total. The summed E-state index contributed by atoms with van der Waals surface area (Å²) in [7, 11) is 0. The summed E-state index contributed by atoms with van der Waals surface area (Å²) in [5, 5.41) is 6.94. The first-order valence-electron chi connectivity index (χ1n) is 8.93. The van der Waals surface area contributed by atoms with Gasteiger partial charge in [-0.25, -0.2) is 15.0 Å². The van der Waals surface area contributed by atoms with Crippen molar-refractivity contribution in [3.05, 3.63) is 75.2 Å². The van der Waals surface area contributed by atoms with Gasteiger partial charge in [-0.1, -0.05) is 29.3 Å². The smallest absolute Gasteiger partial charge is 0.275 e. The van der Waals surface area contributed by atoms with Crippen LogP contribution < -0.4 is 10.6 Å². The van der Waals surface area contributed by atoms with Crippen molar-refractivity contribution in [3.8, 4) is 0 Å². The Balaban J connectivity index is 1.55. The average Bonchev–Trinajstić information content (AvgIpc) is 3.05. The van der Waals surface area contributed by atoms with E-state index in [-0.39, 0.29) is 5.91 Å². The number of halogens is 2. The van der Waals surface area contributed by atoms with Crippen LogP contribution in [0.1, 0.15) is 27.3 Å². The lowest BCUT2D eigenvalue weighted by Crippen LogP contribution is -2.15. The molecule has 0 saturated heterocycles. The number of nitrogens with zero attached hydrogens (tertiary/aromatic N) is 3. The van der Waals surface area contributed by atoms with Crippen LogP contribution in [0.2, 0.25) is 10.0 Å². The third-order valence-electron chi connectivity index (χ3n) is 4.38. The number of benzene rings is 1. The van der Waals surface area contributed by atoms with E-state index < -0.39 is 0 Å². The number of anilines is 2. The Morgan fingerprint density at radius 2 is 1.93 bits per heavy atom. The molecular formula is C21H17Cl2N5O. The summed E-state index contributed by atoms with van der Waals surface area (Å²) in [6.07, 6.45) is 2.14. The maximum atomic E-state index is 12.6. The number of aryl methyl sites for hydroxylation is 2. The second-order valence-corrected chi connectivity index (χ2v) is 7.60. The molecule has 0 atom stereocenters. The van der Waals surface area contributed by atoms with E-state index in [4.69, 9.17) is 23.2 Å². The Morgan fingerprint density at radius 3 is 2.66 bits per heavy atom. The number of para-hydroxylation sites is 1. The monoisotopic (exact) mass is 425 g/mol. The molecule has 1 amide bonds. The largest absolute Gasteiger partial charge is 0.342 e. The van der Waals surface area contributed by atoms with E-state index in [1.165, 1.54) is 0 Å². The van der Waals surface area contributed by atoms with Gasteiger partial charge in [0.2, 0.25) is 0 Å². The van der Waals surface area contributed by atoms with Crippen molar-refractivity contribution in [1.82, 2.24) is 9.97 Å². The molecule has 2 N–H and O–H groups in total. The molecule has 29 heavy (non-hydrogen) atoms. The van der Waals surface area contributed by atoms with E-state index >= 15 is 0 Å². The van der Waals surface area contributed by atoms with Gasteiger partial charge in [0, 0.05) is 12.1 Å². The van der Waals surface area contributed by atoms with Crippen LogP contribution in [-0.2, 0) is 6.42 Å². The standard InChI is InChI=1S/C21H17Cl2N5O/c1-11-6-12(2)25-18(7-11)28-21(29)16-8-13-9-19(26-17(13)10-24-16)27-20-14(22)4-3-5-15(20)23/h3-8,10H,9H2,1-2H3,(H,26,27)(H,25,28,29). The zero-order chi connectivity index (χ0) is 20.5. The Kier molecular flexibility index (Phi) is 5.22. The summed E-state index contributed by atoms with van der Waals surface area (Å²) in [5.41, 5.74) is 4.40. The number of aliphatic imine (C=N–C) groups is 1. The summed E-state index contributed by atoms with van der Waals surface area (Å²) in [6.45, 7) is 3.84. The van der Waals surface area contributed by atoms with Gasteiger partial charge in [-0.15, -0.1) is 0 Å². The van der Waals surface area contributed by atoms with Crippen molar-refractivity contribution in [2.75, 3.05) is 10.6 Å². The van der Waals surface area contributed by atoms with Gasteiger partial charge in [-0.05, 0) is 55.3 Å². The van der Waals surface area contributed by atoms with Crippen molar-refractivity contribution < 1.29 is 4.79 Å².